The van der Waals surface area contributed by atoms with E-state index in [1.165, 1.54) is 38.5 Å². The van der Waals surface area contributed by atoms with Crippen LogP contribution in [0.3, 0.4) is 0 Å². The third kappa shape index (κ3) is 15.8. The second-order valence-corrected chi connectivity index (χ2v) is 7.62. The zero-order valence-corrected chi connectivity index (χ0v) is 15.4. The number of nitrogens with two attached hydrogens (primary N) is 1. The maximum absolute atomic E-state index is 11.6. The van der Waals surface area contributed by atoms with Crippen LogP contribution in [0.2, 0.25) is 0 Å². The normalized spacial score (nSPS) is 12.2. The summed E-state index contributed by atoms with van der Waals surface area (Å²) < 4.78 is 35.9. The van der Waals surface area contributed by atoms with E-state index in [9.17, 15) is 18.0 Å². The molecule has 1 amide bonds. The Kier molecular flexibility index (Phi) is 17.4. The second kappa shape index (κ2) is 16.1. The van der Waals surface area contributed by atoms with Gasteiger partial charge in [-0.2, -0.15) is 8.42 Å². The zero-order valence-electron chi connectivity index (χ0n) is 14.5. The first kappa shape index (κ1) is 27.1. The molecule has 9 heteroatoms. The standard InChI is InChI=1S/C16H31NO6S.Na.H/c1-2-3-4-5-6-7-8-9-10-11-12-23-16(19)14(13-15(17)18)24(20,21)22;;/h14H,2-13H2,1H3,(H2,17,18)(H,20,21,22);;. The van der Waals surface area contributed by atoms with Crippen LogP contribution in [0.25, 0.3) is 0 Å². The van der Waals surface area contributed by atoms with Crippen LogP contribution in [0.4, 0.5) is 0 Å². The quantitative estimate of drug-likeness (QED) is 0.191. The number of ether oxygens (including phenoxy) is 1. The van der Waals surface area contributed by atoms with E-state index in [1.54, 1.807) is 0 Å². The van der Waals surface area contributed by atoms with Crippen LogP contribution in [0.1, 0.15) is 77.6 Å². The predicted octanol–water partition coefficient (Wildman–Crippen LogP) is 1.93. The van der Waals surface area contributed by atoms with Crippen LogP contribution in [-0.2, 0) is 24.4 Å². The summed E-state index contributed by atoms with van der Waals surface area (Å²) in [7, 11) is -4.70. The molecule has 1 atom stereocenters. The van der Waals surface area contributed by atoms with Crippen LogP contribution in [-0.4, -0.2) is 66.3 Å². The number of rotatable bonds is 15. The van der Waals surface area contributed by atoms with E-state index < -0.39 is 33.7 Å². The van der Waals surface area contributed by atoms with Gasteiger partial charge >= 0.3 is 35.5 Å². The number of carbonyl (C=O) groups is 2. The van der Waals surface area contributed by atoms with E-state index in [4.69, 9.17) is 15.0 Å². The molecule has 7 nitrogen and oxygen atoms in total. The summed E-state index contributed by atoms with van der Waals surface area (Å²) >= 11 is 0. The average molecular weight is 389 g/mol. The Hall–Kier alpha value is -0.150. The van der Waals surface area contributed by atoms with E-state index in [0.717, 1.165) is 19.3 Å². The molecule has 0 bridgehead atoms. The summed E-state index contributed by atoms with van der Waals surface area (Å²) in [5.41, 5.74) is 4.87. The molecule has 0 aliphatic heterocycles. The number of primary amides is 1. The summed E-state index contributed by atoms with van der Waals surface area (Å²) in [5.74, 6) is -2.12. The monoisotopic (exact) mass is 389 g/mol. The zero-order chi connectivity index (χ0) is 18.4. The molecule has 0 aliphatic rings. The van der Waals surface area contributed by atoms with Gasteiger partial charge in [-0.15, -0.1) is 0 Å². The minimum atomic E-state index is -4.70. The van der Waals surface area contributed by atoms with Gasteiger partial charge in [-0.25, -0.2) is 0 Å². The van der Waals surface area contributed by atoms with Crippen LogP contribution in [0, 0.1) is 0 Å². The second-order valence-electron chi connectivity index (χ2n) is 6.02. The van der Waals surface area contributed by atoms with Crippen LogP contribution in [0.5, 0.6) is 0 Å². The number of carbonyl (C=O) groups excluding carboxylic acids is 2. The number of hydrogen-bond donors (Lipinski definition) is 2. The van der Waals surface area contributed by atoms with Gasteiger partial charge in [0.25, 0.3) is 10.1 Å². The maximum atomic E-state index is 11.6. The van der Waals surface area contributed by atoms with Crippen LogP contribution < -0.4 is 5.73 Å². The van der Waals surface area contributed by atoms with Gasteiger partial charge in [0, 0.05) is 0 Å². The molecule has 0 aromatic rings. The van der Waals surface area contributed by atoms with Crippen molar-refractivity contribution in [1.29, 1.82) is 0 Å². The van der Waals surface area contributed by atoms with Crippen LogP contribution >= 0.6 is 0 Å². The van der Waals surface area contributed by atoms with Gasteiger partial charge in [0.15, 0.2) is 5.25 Å². The molecule has 0 saturated heterocycles. The Morgan fingerprint density at radius 1 is 0.960 bits per heavy atom. The third-order valence-electron chi connectivity index (χ3n) is 3.75. The fourth-order valence-electron chi connectivity index (χ4n) is 2.35. The van der Waals surface area contributed by atoms with E-state index in [0.29, 0.717) is 6.42 Å². The molecule has 0 rings (SSSR count). The van der Waals surface area contributed by atoms with E-state index in [1.807, 2.05) is 0 Å². The fraction of sp³-hybridized carbons (Fsp3) is 0.875. The Bertz CT molecular complexity index is 469. The molecule has 25 heavy (non-hydrogen) atoms. The van der Waals surface area contributed by atoms with E-state index in [-0.39, 0.29) is 36.2 Å². The summed E-state index contributed by atoms with van der Waals surface area (Å²) in [6.45, 7) is 2.26. The number of hydrogen-bond acceptors (Lipinski definition) is 5. The van der Waals surface area contributed by atoms with Gasteiger partial charge in [-0.3, -0.25) is 14.1 Å². The van der Waals surface area contributed by atoms with Gasteiger partial charge in [-0.05, 0) is 6.42 Å². The van der Waals surface area contributed by atoms with Crippen LogP contribution in [0.15, 0.2) is 0 Å². The number of amides is 1. The fourth-order valence-corrected chi connectivity index (χ4v) is 3.03. The molecule has 0 aliphatic carbocycles. The molecule has 0 heterocycles. The van der Waals surface area contributed by atoms with Gasteiger partial charge in [0.1, 0.15) is 0 Å². The molecule has 0 aromatic carbocycles. The molecule has 0 saturated carbocycles. The van der Waals surface area contributed by atoms with Crippen molar-refractivity contribution < 1.29 is 27.3 Å². The number of esters is 1. The molecule has 144 valence electrons. The van der Waals surface area contributed by atoms with Crippen molar-refractivity contribution in [2.24, 2.45) is 5.73 Å². The topological polar surface area (TPSA) is 124 Å². The molecule has 0 aromatic heterocycles. The molecule has 0 spiro atoms. The Morgan fingerprint density at radius 2 is 1.40 bits per heavy atom. The van der Waals surface area contributed by atoms with Gasteiger partial charge in [0.05, 0.1) is 13.0 Å². The summed E-state index contributed by atoms with van der Waals surface area (Å²) in [5, 5.41) is -1.93. The first-order chi connectivity index (χ1) is 11.3. The Labute approximate surface area is 173 Å². The van der Waals surface area contributed by atoms with E-state index in [2.05, 4.69) is 6.92 Å². The van der Waals surface area contributed by atoms with Crippen molar-refractivity contribution in [1.82, 2.24) is 0 Å². The molecule has 0 fully saturated rings. The molecular weight excluding hydrogens is 357 g/mol. The minimum absolute atomic E-state index is 0. The SMILES string of the molecule is CCCCCCCCCCCCOC(=O)C(CC(N)=O)S(=O)(=O)O.[NaH]. The molecule has 1 unspecified atom stereocenters. The Morgan fingerprint density at radius 3 is 1.80 bits per heavy atom. The third-order valence-corrected chi connectivity index (χ3v) is 4.83. The van der Waals surface area contributed by atoms with E-state index >= 15 is 0 Å². The summed E-state index contributed by atoms with van der Waals surface area (Å²) in [6, 6.07) is 0. The average Bonchev–Trinajstić information content (AvgIpc) is 2.48. The number of unbranched alkanes of at least 4 members (excludes halogenated alkanes) is 9. The predicted molar refractivity (Wildman–Crippen MR) is 99.1 cm³/mol. The van der Waals surface area contributed by atoms with Gasteiger partial charge in [-0.1, -0.05) is 64.7 Å². The first-order valence-corrected chi connectivity index (χ1v) is 10.2. The Balaban J connectivity index is 0. The van der Waals surface area contributed by atoms with Gasteiger partial charge < -0.3 is 10.5 Å². The van der Waals surface area contributed by atoms with Crippen molar-refractivity contribution in [3.05, 3.63) is 0 Å². The summed E-state index contributed by atoms with van der Waals surface area (Å²) in [4.78, 5) is 22.4. The van der Waals surface area contributed by atoms with Crippen molar-refractivity contribution in [3.8, 4) is 0 Å². The first-order valence-electron chi connectivity index (χ1n) is 8.70. The van der Waals surface area contributed by atoms with Crippen molar-refractivity contribution in [2.75, 3.05) is 6.61 Å². The summed E-state index contributed by atoms with van der Waals surface area (Å²) in [6.07, 6.45) is 10.5. The van der Waals surface area contributed by atoms with Crippen molar-refractivity contribution in [2.45, 2.75) is 82.8 Å². The van der Waals surface area contributed by atoms with Crippen molar-refractivity contribution in [3.63, 3.8) is 0 Å². The molecular formula is C16H32NNaO6S. The molecule has 3 N–H and O–H groups in total. The van der Waals surface area contributed by atoms with Gasteiger partial charge in [0.2, 0.25) is 5.91 Å². The van der Waals surface area contributed by atoms with Crippen molar-refractivity contribution >= 4 is 51.6 Å². The molecule has 0 radical (unpaired) electrons.